The van der Waals surface area contributed by atoms with Crippen LogP contribution in [0.5, 0.6) is 0 Å². The minimum Gasteiger partial charge on any atom is -0.328 e. The first-order valence-electron chi connectivity index (χ1n) is 4.32. The Bertz CT molecular complexity index is 145. The molecule has 0 aromatic rings. The molecule has 2 rings (SSSR count). The zero-order chi connectivity index (χ0) is 7.84. The fourth-order valence-corrected chi connectivity index (χ4v) is 3.56. The van der Waals surface area contributed by atoms with E-state index in [2.05, 4.69) is 23.7 Å². The quantitative estimate of drug-likeness (QED) is 0.699. The maximum absolute atomic E-state index is 5.95. The van der Waals surface area contributed by atoms with Crippen molar-refractivity contribution in [2.24, 2.45) is 5.73 Å². The average Bonchev–Trinajstić information content (AvgIpc) is 1.92. The van der Waals surface area contributed by atoms with Gasteiger partial charge >= 0.3 is 0 Å². The van der Waals surface area contributed by atoms with Crippen molar-refractivity contribution >= 4 is 36.6 Å². The molecular formula is C8H18Cl2N2S. The molecule has 2 bridgehead atoms. The van der Waals surface area contributed by atoms with E-state index in [-0.39, 0.29) is 24.8 Å². The van der Waals surface area contributed by atoms with Crippen LogP contribution in [0.1, 0.15) is 12.8 Å². The van der Waals surface area contributed by atoms with Crippen LogP contribution in [0.25, 0.3) is 0 Å². The fraction of sp³-hybridized carbons (Fsp3) is 1.00. The molecule has 13 heavy (non-hydrogen) atoms. The Hall–Kier alpha value is 0.850. The molecule has 2 nitrogen and oxygen atoms in total. The highest BCUT2D eigenvalue weighted by molar-refractivity contribution is 7.99. The highest BCUT2D eigenvalue weighted by Crippen LogP contribution is 2.30. The van der Waals surface area contributed by atoms with Crippen molar-refractivity contribution in [3.8, 4) is 0 Å². The summed E-state index contributed by atoms with van der Waals surface area (Å²) in [4.78, 5) is 2.53. The lowest BCUT2D eigenvalue weighted by molar-refractivity contribution is 0.123. The average molecular weight is 245 g/mol. The Kier molecular flexibility index (Phi) is 6.03. The molecule has 2 fully saturated rings. The molecule has 2 unspecified atom stereocenters. The number of nitrogens with two attached hydrogens (primary N) is 1. The first kappa shape index (κ1) is 13.8. The first-order chi connectivity index (χ1) is 5.27. The molecule has 0 aromatic heterocycles. The molecule has 2 aliphatic heterocycles. The summed E-state index contributed by atoms with van der Waals surface area (Å²) in [5.74, 6) is 2.58. The van der Waals surface area contributed by atoms with Gasteiger partial charge in [-0.1, -0.05) is 0 Å². The molecule has 0 amide bonds. The lowest BCUT2D eigenvalue weighted by Crippen LogP contribution is -2.55. The van der Waals surface area contributed by atoms with Crippen LogP contribution in [0.3, 0.4) is 0 Å². The largest absolute Gasteiger partial charge is 0.328 e. The Labute approximate surface area is 96.8 Å². The van der Waals surface area contributed by atoms with Crippen LogP contribution in [0.15, 0.2) is 0 Å². The summed E-state index contributed by atoms with van der Waals surface area (Å²) in [5, 5.41) is 0. The normalized spacial score (nSPS) is 38.8. The van der Waals surface area contributed by atoms with Gasteiger partial charge in [0.1, 0.15) is 0 Å². The Morgan fingerprint density at radius 2 is 1.62 bits per heavy atom. The van der Waals surface area contributed by atoms with Gasteiger partial charge in [0.2, 0.25) is 0 Å². The lowest BCUT2D eigenvalue weighted by atomic mass is 9.94. The molecule has 0 saturated carbocycles. The monoisotopic (exact) mass is 244 g/mol. The topological polar surface area (TPSA) is 29.3 Å². The van der Waals surface area contributed by atoms with Crippen LogP contribution in [0.2, 0.25) is 0 Å². The molecule has 2 heterocycles. The molecule has 0 spiro atoms. The third kappa shape index (κ3) is 2.90. The number of thioether (sulfide) groups is 1. The van der Waals surface area contributed by atoms with E-state index in [0.29, 0.717) is 6.04 Å². The van der Waals surface area contributed by atoms with Gasteiger partial charge in [0.15, 0.2) is 0 Å². The number of piperidine rings is 1. The molecule has 0 aromatic carbocycles. The van der Waals surface area contributed by atoms with Crippen molar-refractivity contribution < 1.29 is 0 Å². The predicted molar refractivity (Wildman–Crippen MR) is 64.4 cm³/mol. The Balaban J connectivity index is 0.000000720. The van der Waals surface area contributed by atoms with Crippen molar-refractivity contribution in [1.29, 1.82) is 0 Å². The van der Waals surface area contributed by atoms with Gasteiger partial charge in [-0.05, 0) is 19.9 Å². The number of nitrogens with zero attached hydrogens (tertiary/aromatic N) is 1. The molecule has 2 saturated heterocycles. The summed E-state index contributed by atoms with van der Waals surface area (Å²) in [6, 6.07) is 2.01. The van der Waals surface area contributed by atoms with Crippen LogP contribution < -0.4 is 5.73 Å². The van der Waals surface area contributed by atoms with Gasteiger partial charge in [-0.25, -0.2) is 0 Å². The molecular weight excluding hydrogens is 227 g/mol. The highest BCUT2D eigenvalue weighted by Gasteiger charge is 2.34. The molecule has 80 valence electrons. The van der Waals surface area contributed by atoms with Crippen molar-refractivity contribution in [2.45, 2.75) is 31.0 Å². The molecule has 2 atom stereocenters. The second-order valence-electron chi connectivity index (χ2n) is 3.74. The summed E-state index contributed by atoms with van der Waals surface area (Å²) >= 11 is 2.10. The predicted octanol–water partition coefficient (Wildman–Crippen LogP) is 1.37. The van der Waals surface area contributed by atoms with Crippen molar-refractivity contribution in [3.63, 3.8) is 0 Å². The van der Waals surface area contributed by atoms with Crippen LogP contribution in [0.4, 0.5) is 0 Å². The lowest BCUT2D eigenvalue weighted by Gasteiger charge is -2.45. The summed E-state index contributed by atoms with van der Waals surface area (Å²) in [6.07, 6.45) is 2.42. The van der Waals surface area contributed by atoms with Gasteiger partial charge in [-0.15, -0.1) is 24.8 Å². The van der Waals surface area contributed by atoms with Gasteiger partial charge in [-0.2, -0.15) is 11.8 Å². The maximum atomic E-state index is 5.95. The standard InChI is InChI=1S/C8H16N2S.2ClH/c1-10-7-2-6(9)3-8(10)5-11-4-7;;/h6-8H,2-5,9H2,1H3;2*1H. The van der Waals surface area contributed by atoms with E-state index in [1.165, 1.54) is 24.3 Å². The van der Waals surface area contributed by atoms with Crippen LogP contribution >= 0.6 is 36.6 Å². The SMILES string of the molecule is CN1C2CSCC1CC(N)C2.Cl.Cl. The van der Waals surface area contributed by atoms with E-state index in [4.69, 9.17) is 5.73 Å². The van der Waals surface area contributed by atoms with Crippen LogP contribution in [-0.4, -0.2) is 41.6 Å². The smallest absolute Gasteiger partial charge is 0.0201 e. The molecule has 2 N–H and O–H groups in total. The van der Waals surface area contributed by atoms with Gasteiger partial charge < -0.3 is 5.73 Å². The van der Waals surface area contributed by atoms with E-state index in [1.54, 1.807) is 0 Å². The fourth-order valence-electron chi connectivity index (χ4n) is 2.14. The number of fused-ring (bicyclic) bond motifs is 2. The Morgan fingerprint density at radius 1 is 1.15 bits per heavy atom. The summed E-state index contributed by atoms with van der Waals surface area (Å²) in [5.41, 5.74) is 5.95. The first-order valence-corrected chi connectivity index (χ1v) is 5.48. The Morgan fingerprint density at radius 3 is 2.08 bits per heavy atom. The van der Waals surface area contributed by atoms with Crippen LogP contribution in [0, 0.1) is 0 Å². The van der Waals surface area contributed by atoms with E-state index in [1.807, 2.05) is 0 Å². The second-order valence-corrected chi connectivity index (χ2v) is 4.82. The van der Waals surface area contributed by atoms with Gasteiger partial charge in [0.25, 0.3) is 0 Å². The maximum Gasteiger partial charge on any atom is 0.0201 e. The van der Waals surface area contributed by atoms with Gasteiger partial charge in [0.05, 0.1) is 0 Å². The number of halogens is 2. The highest BCUT2D eigenvalue weighted by atomic mass is 35.5. The molecule has 5 heteroatoms. The van der Waals surface area contributed by atoms with E-state index >= 15 is 0 Å². The third-order valence-electron chi connectivity index (χ3n) is 2.92. The minimum absolute atomic E-state index is 0. The van der Waals surface area contributed by atoms with Crippen molar-refractivity contribution in [3.05, 3.63) is 0 Å². The number of hydrogen-bond acceptors (Lipinski definition) is 3. The van der Waals surface area contributed by atoms with E-state index < -0.39 is 0 Å². The van der Waals surface area contributed by atoms with E-state index in [9.17, 15) is 0 Å². The molecule has 0 radical (unpaired) electrons. The number of hydrogen-bond donors (Lipinski definition) is 1. The van der Waals surface area contributed by atoms with Crippen molar-refractivity contribution in [2.75, 3.05) is 18.6 Å². The summed E-state index contributed by atoms with van der Waals surface area (Å²) in [6.45, 7) is 0. The molecule has 2 aliphatic rings. The van der Waals surface area contributed by atoms with Crippen molar-refractivity contribution in [1.82, 2.24) is 4.90 Å². The van der Waals surface area contributed by atoms with E-state index in [0.717, 1.165) is 12.1 Å². The summed E-state index contributed by atoms with van der Waals surface area (Å²) in [7, 11) is 2.25. The summed E-state index contributed by atoms with van der Waals surface area (Å²) < 4.78 is 0. The van der Waals surface area contributed by atoms with Gasteiger partial charge in [0, 0.05) is 29.6 Å². The molecule has 0 aliphatic carbocycles. The van der Waals surface area contributed by atoms with Gasteiger partial charge in [-0.3, -0.25) is 4.90 Å². The minimum atomic E-state index is 0. The number of rotatable bonds is 0. The zero-order valence-electron chi connectivity index (χ0n) is 7.81. The zero-order valence-corrected chi connectivity index (χ0v) is 10.3. The second kappa shape index (κ2) is 5.66. The third-order valence-corrected chi connectivity index (χ3v) is 4.16. The van der Waals surface area contributed by atoms with Crippen LogP contribution in [-0.2, 0) is 0 Å².